The van der Waals surface area contributed by atoms with Crippen molar-refractivity contribution in [1.82, 2.24) is 0 Å². The molecule has 0 aliphatic rings. The van der Waals surface area contributed by atoms with E-state index in [9.17, 15) is 10.1 Å². The third-order valence-corrected chi connectivity index (χ3v) is 2.46. The number of aliphatic hydroxyl groups is 1. The zero-order chi connectivity index (χ0) is 12.3. The molecule has 1 N–H and O–H groups in total. The highest BCUT2D eigenvalue weighted by Crippen LogP contribution is 2.37. The van der Waals surface area contributed by atoms with Gasteiger partial charge in [-0.25, -0.2) is 0 Å². The number of halogens is 2. The summed E-state index contributed by atoms with van der Waals surface area (Å²) >= 11 is 8.81. The standard InChI is InChI=1S/C9H9BrClNO4/c1-5(13)4-16-9-7(10)2-6(11)3-8(9)12(14)15/h2-3,5,13H,4H2,1H3/t5-/m1/s1. The Hall–Kier alpha value is -0.850. The van der Waals surface area contributed by atoms with E-state index >= 15 is 0 Å². The Labute approximate surface area is 105 Å². The van der Waals surface area contributed by atoms with Crippen LogP contribution in [0.15, 0.2) is 16.6 Å². The van der Waals surface area contributed by atoms with Gasteiger partial charge in [-0.1, -0.05) is 11.6 Å². The lowest BCUT2D eigenvalue weighted by atomic mass is 10.3. The molecule has 0 spiro atoms. The summed E-state index contributed by atoms with van der Waals surface area (Å²) in [5.41, 5.74) is -0.236. The van der Waals surface area contributed by atoms with Crippen LogP contribution in [-0.4, -0.2) is 22.7 Å². The number of nitro groups is 1. The van der Waals surface area contributed by atoms with Gasteiger partial charge >= 0.3 is 5.69 Å². The summed E-state index contributed by atoms with van der Waals surface area (Å²) in [5.74, 6) is 0.0651. The fourth-order valence-electron chi connectivity index (χ4n) is 1.03. The third kappa shape index (κ3) is 3.33. The molecule has 1 atom stereocenters. The van der Waals surface area contributed by atoms with Crippen LogP contribution in [0.3, 0.4) is 0 Å². The van der Waals surface area contributed by atoms with Crippen molar-refractivity contribution >= 4 is 33.2 Å². The quantitative estimate of drug-likeness (QED) is 0.685. The number of hydrogen-bond donors (Lipinski definition) is 1. The Morgan fingerprint density at radius 1 is 1.69 bits per heavy atom. The molecule has 7 heteroatoms. The zero-order valence-corrected chi connectivity index (χ0v) is 10.7. The van der Waals surface area contributed by atoms with Crippen molar-refractivity contribution in [1.29, 1.82) is 0 Å². The van der Waals surface area contributed by atoms with Crippen LogP contribution >= 0.6 is 27.5 Å². The van der Waals surface area contributed by atoms with Crippen molar-refractivity contribution in [2.24, 2.45) is 0 Å². The van der Waals surface area contributed by atoms with Gasteiger partial charge in [-0.3, -0.25) is 10.1 Å². The maximum atomic E-state index is 10.8. The average molecular weight is 311 g/mol. The molecule has 5 nitrogen and oxygen atoms in total. The molecule has 0 amide bonds. The Morgan fingerprint density at radius 3 is 2.81 bits per heavy atom. The minimum absolute atomic E-state index is 0.0267. The molecule has 16 heavy (non-hydrogen) atoms. The first-order chi connectivity index (χ1) is 7.41. The second-order valence-corrected chi connectivity index (χ2v) is 4.44. The fourth-order valence-corrected chi connectivity index (χ4v) is 1.94. The van der Waals surface area contributed by atoms with E-state index in [0.29, 0.717) is 4.47 Å². The van der Waals surface area contributed by atoms with Crippen LogP contribution in [-0.2, 0) is 0 Å². The highest BCUT2D eigenvalue weighted by Gasteiger charge is 2.20. The van der Waals surface area contributed by atoms with Crippen LogP contribution in [0.1, 0.15) is 6.92 Å². The average Bonchev–Trinajstić information content (AvgIpc) is 2.14. The molecular weight excluding hydrogens is 301 g/mol. The molecule has 0 aromatic heterocycles. The minimum Gasteiger partial charge on any atom is -0.483 e. The highest BCUT2D eigenvalue weighted by atomic mass is 79.9. The van der Waals surface area contributed by atoms with Crippen molar-refractivity contribution in [2.45, 2.75) is 13.0 Å². The topological polar surface area (TPSA) is 72.6 Å². The molecule has 0 saturated carbocycles. The first-order valence-corrected chi connectivity index (χ1v) is 5.53. The van der Waals surface area contributed by atoms with Gasteiger partial charge in [0.05, 0.1) is 15.5 Å². The van der Waals surface area contributed by atoms with Gasteiger partial charge in [0.15, 0.2) is 0 Å². The molecule has 0 aliphatic heterocycles. The summed E-state index contributed by atoms with van der Waals surface area (Å²) in [6, 6.07) is 2.69. The minimum atomic E-state index is -0.706. The van der Waals surface area contributed by atoms with E-state index in [2.05, 4.69) is 15.9 Å². The van der Waals surface area contributed by atoms with Gasteiger partial charge in [-0.05, 0) is 28.9 Å². The predicted octanol–water partition coefficient (Wildman–Crippen LogP) is 2.77. The van der Waals surface area contributed by atoms with Gasteiger partial charge < -0.3 is 9.84 Å². The maximum Gasteiger partial charge on any atom is 0.313 e. The SMILES string of the molecule is C[C@@H](O)COc1c(Br)cc(Cl)cc1[N+](=O)[O-]. The van der Waals surface area contributed by atoms with Crippen LogP contribution in [0.2, 0.25) is 5.02 Å². The highest BCUT2D eigenvalue weighted by molar-refractivity contribution is 9.10. The molecule has 1 aromatic carbocycles. The van der Waals surface area contributed by atoms with E-state index < -0.39 is 11.0 Å². The number of nitrogens with zero attached hydrogens (tertiary/aromatic N) is 1. The number of nitro benzene ring substituents is 1. The summed E-state index contributed by atoms with van der Waals surface area (Å²) in [5, 5.41) is 20.0. The summed E-state index contributed by atoms with van der Waals surface area (Å²) in [6.45, 7) is 1.50. The maximum absolute atomic E-state index is 10.8. The number of benzene rings is 1. The molecule has 0 fully saturated rings. The Balaban J connectivity index is 3.09. The van der Waals surface area contributed by atoms with Crippen molar-refractivity contribution in [3.8, 4) is 5.75 Å². The molecule has 1 aromatic rings. The summed E-state index contributed by atoms with van der Waals surface area (Å²) in [6.07, 6.45) is -0.706. The van der Waals surface area contributed by atoms with E-state index in [-0.39, 0.29) is 23.1 Å². The van der Waals surface area contributed by atoms with E-state index in [4.69, 9.17) is 21.4 Å². The van der Waals surface area contributed by atoms with Gasteiger partial charge in [-0.15, -0.1) is 0 Å². The Kier molecular flexibility index (Phi) is 4.52. The predicted molar refractivity (Wildman–Crippen MR) is 63.0 cm³/mol. The summed E-state index contributed by atoms with van der Waals surface area (Å²) in [7, 11) is 0. The van der Waals surface area contributed by atoms with Crippen LogP contribution in [0.5, 0.6) is 5.75 Å². The molecule has 0 heterocycles. The van der Waals surface area contributed by atoms with Gasteiger partial charge in [0, 0.05) is 11.1 Å². The second-order valence-electron chi connectivity index (χ2n) is 3.15. The van der Waals surface area contributed by atoms with Crippen molar-refractivity contribution in [3.63, 3.8) is 0 Å². The monoisotopic (exact) mass is 309 g/mol. The van der Waals surface area contributed by atoms with Gasteiger partial charge in [0.1, 0.15) is 6.61 Å². The van der Waals surface area contributed by atoms with E-state index in [0.717, 1.165) is 0 Å². The van der Waals surface area contributed by atoms with Crippen molar-refractivity contribution in [2.75, 3.05) is 6.61 Å². The number of aliphatic hydroxyl groups excluding tert-OH is 1. The molecule has 88 valence electrons. The van der Waals surface area contributed by atoms with Crippen molar-refractivity contribution in [3.05, 3.63) is 31.7 Å². The smallest absolute Gasteiger partial charge is 0.313 e. The lowest BCUT2D eigenvalue weighted by molar-refractivity contribution is -0.386. The van der Waals surface area contributed by atoms with Crippen LogP contribution in [0.4, 0.5) is 5.69 Å². The number of hydrogen-bond acceptors (Lipinski definition) is 4. The molecule has 0 aliphatic carbocycles. The van der Waals surface area contributed by atoms with Gasteiger partial charge in [-0.2, -0.15) is 0 Å². The lowest BCUT2D eigenvalue weighted by Crippen LogP contribution is -2.13. The number of rotatable bonds is 4. The summed E-state index contributed by atoms with van der Waals surface area (Å²) in [4.78, 5) is 10.2. The van der Waals surface area contributed by atoms with Crippen LogP contribution in [0, 0.1) is 10.1 Å². The van der Waals surface area contributed by atoms with E-state index in [1.54, 1.807) is 0 Å². The third-order valence-electron chi connectivity index (χ3n) is 1.65. The summed E-state index contributed by atoms with van der Waals surface area (Å²) < 4.78 is 5.53. The molecular formula is C9H9BrClNO4. The van der Waals surface area contributed by atoms with Crippen LogP contribution < -0.4 is 4.74 Å². The van der Waals surface area contributed by atoms with Crippen LogP contribution in [0.25, 0.3) is 0 Å². The largest absolute Gasteiger partial charge is 0.483 e. The Bertz CT molecular complexity index is 411. The Morgan fingerprint density at radius 2 is 2.31 bits per heavy atom. The van der Waals surface area contributed by atoms with Gasteiger partial charge in [0.2, 0.25) is 5.75 Å². The molecule has 0 unspecified atom stereocenters. The van der Waals surface area contributed by atoms with Crippen molar-refractivity contribution < 1.29 is 14.8 Å². The normalized spacial score (nSPS) is 12.2. The molecule has 0 bridgehead atoms. The molecule has 1 rings (SSSR count). The molecule has 0 saturated heterocycles. The van der Waals surface area contributed by atoms with E-state index in [1.165, 1.54) is 19.1 Å². The second kappa shape index (κ2) is 5.47. The lowest BCUT2D eigenvalue weighted by Gasteiger charge is -2.10. The van der Waals surface area contributed by atoms with E-state index in [1.807, 2.05) is 0 Å². The van der Waals surface area contributed by atoms with Gasteiger partial charge in [0.25, 0.3) is 0 Å². The fraction of sp³-hybridized carbons (Fsp3) is 0.333. The zero-order valence-electron chi connectivity index (χ0n) is 8.31. The number of ether oxygens (including phenoxy) is 1. The first-order valence-electron chi connectivity index (χ1n) is 4.36. The first kappa shape index (κ1) is 13.2. The molecule has 0 radical (unpaired) electrons.